The first kappa shape index (κ1) is 17.3. The first-order valence-electron chi connectivity index (χ1n) is 6.79. The monoisotopic (exact) mass is 302 g/mol. The highest BCUT2D eigenvalue weighted by Gasteiger charge is 2.09. The van der Waals surface area contributed by atoms with Gasteiger partial charge in [-0.2, -0.15) is 0 Å². The van der Waals surface area contributed by atoms with Gasteiger partial charge in [0.1, 0.15) is 17.3 Å². The summed E-state index contributed by atoms with van der Waals surface area (Å²) in [7, 11) is 1.80. The molecule has 0 fully saturated rings. The number of nitrogens with one attached hydrogen (secondary N) is 2. The van der Waals surface area contributed by atoms with E-state index in [9.17, 15) is 4.79 Å². The molecule has 118 valence electrons. The Balaban J connectivity index is 3.08. The molecule has 0 aliphatic carbocycles. The highest BCUT2D eigenvalue weighted by molar-refractivity contribution is 5.75. The quantitative estimate of drug-likeness (QED) is 0.326. The van der Waals surface area contributed by atoms with Gasteiger partial charge >= 0.3 is 0 Å². The fraction of sp³-hybridized carbons (Fsp3) is 0.250. The van der Waals surface area contributed by atoms with Crippen molar-refractivity contribution in [1.82, 2.24) is 5.32 Å². The number of allylic oxidation sites excluding steroid dienone is 2. The Hall–Kier alpha value is -2.76. The van der Waals surface area contributed by atoms with Gasteiger partial charge in [0.05, 0.1) is 11.4 Å². The van der Waals surface area contributed by atoms with E-state index in [2.05, 4.69) is 22.3 Å². The van der Waals surface area contributed by atoms with Crippen LogP contribution in [0.5, 0.6) is 5.75 Å². The molecule has 0 saturated carbocycles. The lowest BCUT2D eigenvalue weighted by atomic mass is 10.1. The van der Waals surface area contributed by atoms with Crippen LogP contribution in [0.1, 0.15) is 19.4 Å². The van der Waals surface area contributed by atoms with Crippen molar-refractivity contribution >= 4 is 24.0 Å². The number of amides is 1. The Kier molecular flexibility index (Phi) is 6.19. The Bertz CT molecular complexity index is 633. The molecule has 0 aromatic heterocycles. The lowest BCUT2D eigenvalue weighted by Gasteiger charge is -2.15. The summed E-state index contributed by atoms with van der Waals surface area (Å²) in [6.45, 7) is 8.56. The molecule has 0 spiro atoms. The average Bonchev–Trinajstić information content (AvgIpc) is 2.48. The Morgan fingerprint density at radius 1 is 1.45 bits per heavy atom. The van der Waals surface area contributed by atoms with Crippen LogP contribution < -0.4 is 21.1 Å². The number of hydrogen-bond donors (Lipinski definition) is 3. The van der Waals surface area contributed by atoms with Crippen LogP contribution in [0.3, 0.4) is 0 Å². The number of carbonyl (C=O) groups excluding carboxylic acids is 1. The van der Waals surface area contributed by atoms with Gasteiger partial charge in [-0.1, -0.05) is 0 Å². The first-order valence-corrected chi connectivity index (χ1v) is 6.79. The molecule has 0 heterocycles. The van der Waals surface area contributed by atoms with Crippen LogP contribution in [-0.2, 0) is 4.79 Å². The molecule has 1 aromatic carbocycles. The summed E-state index contributed by atoms with van der Waals surface area (Å²) in [5.74, 6) is 1.29. The molecule has 1 rings (SSSR count). The lowest BCUT2D eigenvalue weighted by Crippen LogP contribution is -2.18. The largest absolute Gasteiger partial charge is 0.457 e. The maximum Gasteiger partial charge on any atom is 0.222 e. The van der Waals surface area contributed by atoms with Crippen molar-refractivity contribution < 1.29 is 9.53 Å². The minimum atomic E-state index is -0.227. The number of nitrogens with two attached hydrogens (primary N) is 1. The maximum atomic E-state index is 11.1. The van der Waals surface area contributed by atoms with Crippen molar-refractivity contribution in [2.24, 2.45) is 4.99 Å². The maximum absolute atomic E-state index is 11.1. The number of aliphatic imine (C=N–C) groups is 1. The third-order valence-corrected chi connectivity index (χ3v) is 2.96. The molecule has 6 heteroatoms. The van der Waals surface area contributed by atoms with E-state index < -0.39 is 0 Å². The molecular weight excluding hydrogens is 280 g/mol. The van der Waals surface area contributed by atoms with E-state index in [-0.39, 0.29) is 5.91 Å². The van der Waals surface area contributed by atoms with Crippen LogP contribution in [0.2, 0.25) is 0 Å². The summed E-state index contributed by atoms with van der Waals surface area (Å²) < 4.78 is 5.86. The van der Waals surface area contributed by atoms with Crippen molar-refractivity contribution in [2.75, 3.05) is 18.1 Å². The molecular formula is C16H22N4O2. The van der Waals surface area contributed by atoms with Gasteiger partial charge in [-0.3, -0.25) is 4.79 Å². The molecule has 0 bridgehead atoms. The molecule has 0 radical (unpaired) electrons. The van der Waals surface area contributed by atoms with E-state index in [1.54, 1.807) is 31.3 Å². The van der Waals surface area contributed by atoms with E-state index in [1.807, 2.05) is 13.8 Å². The van der Waals surface area contributed by atoms with Crippen molar-refractivity contribution in [2.45, 2.75) is 20.8 Å². The van der Waals surface area contributed by atoms with Crippen molar-refractivity contribution in [3.8, 4) is 5.75 Å². The number of nitrogen functional groups attached to an aromatic ring is 1. The zero-order valence-electron chi connectivity index (χ0n) is 13.4. The number of rotatable bonds is 6. The number of ether oxygens (including phenoxy) is 1. The highest BCUT2D eigenvalue weighted by Crippen LogP contribution is 2.32. The van der Waals surface area contributed by atoms with Gasteiger partial charge in [0.15, 0.2) is 0 Å². The van der Waals surface area contributed by atoms with Crippen LogP contribution in [0.25, 0.3) is 0 Å². The van der Waals surface area contributed by atoms with Gasteiger partial charge in [0.2, 0.25) is 5.91 Å². The van der Waals surface area contributed by atoms with Crippen LogP contribution in [0, 0.1) is 6.92 Å². The number of hydrogen-bond acceptors (Lipinski definition) is 5. The predicted octanol–water partition coefficient (Wildman–Crippen LogP) is 2.58. The second-order valence-electron chi connectivity index (χ2n) is 4.56. The van der Waals surface area contributed by atoms with Crippen LogP contribution in [0.15, 0.2) is 40.9 Å². The molecule has 0 aliphatic rings. The van der Waals surface area contributed by atoms with Crippen LogP contribution >= 0.6 is 0 Å². The zero-order chi connectivity index (χ0) is 16.7. The van der Waals surface area contributed by atoms with Crippen LogP contribution in [-0.4, -0.2) is 19.7 Å². The number of nitrogens with zero attached hydrogens (tertiary/aromatic N) is 1. The normalized spacial score (nSPS) is 11.8. The summed E-state index contributed by atoms with van der Waals surface area (Å²) in [6, 6.07) is 3.56. The van der Waals surface area contributed by atoms with Crippen molar-refractivity contribution in [1.29, 1.82) is 0 Å². The second-order valence-corrected chi connectivity index (χ2v) is 4.56. The van der Waals surface area contributed by atoms with Gasteiger partial charge in [-0.05, 0) is 38.8 Å². The van der Waals surface area contributed by atoms with Gasteiger partial charge in [0, 0.05) is 25.6 Å². The first-order chi connectivity index (χ1) is 10.4. The van der Waals surface area contributed by atoms with Gasteiger partial charge in [-0.15, -0.1) is 0 Å². The highest BCUT2D eigenvalue weighted by atomic mass is 16.5. The minimum absolute atomic E-state index is 0.227. The lowest BCUT2D eigenvalue weighted by molar-refractivity contribution is -0.118. The third kappa shape index (κ3) is 4.37. The average molecular weight is 302 g/mol. The van der Waals surface area contributed by atoms with E-state index in [0.29, 0.717) is 23.0 Å². The van der Waals surface area contributed by atoms with Gasteiger partial charge in [0.25, 0.3) is 0 Å². The minimum Gasteiger partial charge on any atom is -0.457 e. The topological polar surface area (TPSA) is 88.7 Å². The molecule has 1 amide bonds. The van der Waals surface area contributed by atoms with E-state index in [4.69, 9.17) is 10.5 Å². The van der Waals surface area contributed by atoms with E-state index in [0.717, 1.165) is 11.3 Å². The summed E-state index contributed by atoms with van der Waals surface area (Å²) >= 11 is 0. The van der Waals surface area contributed by atoms with Crippen molar-refractivity contribution in [3.63, 3.8) is 0 Å². The summed E-state index contributed by atoms with van der Waals surface area (Å²) in [6.07, 6.45) is 3.37. The Morgan fingerprint density at radius 2 is 2.14 bits per heavy atom. The fourth-order valence-corrected chi connectivity index (χ4v) is 1.89. The number of anilines is 2. The molecule has 1 aromatic rings. The molecule has 0 saturated heterocycles. The zero-order valence-corrected chi connectivity index (χ0v) is 13.4. The molecule has 4 N–H and O–H groups in total. The standard InChI is InChI=1S/C16H22N4O2/c1-6-12(9-15(18-4)20-11(3)21)22-14-8-7-13(17)16(19-5)10(14)2/h6-9,19H,4,17H2,1-3,5H3,(H,20,21)/b12-6+,15-9+. The molecule has 22 heavy (non-hydrogen) atoms. The molecule has 0 unspecified atom stereocenters. The smallest absolute Gasteiger partial charge is 0.222 e. The number of carbonyl (C=O) groups is 1. The molecule has 0 aliphatic heterocycles. The van der Waals surface area contributed by atoms with Gasteiger partial charge < -0.3 is 21.1 Å². The predicted molar refractivity (Wildman–Crippen MR) is 91.0 cm³/mol. The van der Waals surface area contributed by atoms with Gasteiger partial charge in [-0.25, -0.2) is 4.99 Å². The van der Waals surface area contributed by atoms with Crippen molar-refractivity contribution in [3.05, 3.63) is 41.4 Å². The molecule has 0 atom stereocenters. The summed E-state index contributed by atoms with van der Waals surface area (Å²) in [4.78, 5) is 14.8. The number of benzene rings is 1. The summed E-state index contributed by atoms with van der Waals surface area (Å²) in [5.41, 5.74) is 8.27. The second kappa shape index (κ2) is 7.87. The fourth-order valence-electron chi connectivity index (χ4n) is 1.89. The van der Waals surface area contributed by atoms with E-state index >= 15 is 0 Å². The third-order valence-electron chi connectivity index (χ3n) is 2.96. The SMILES string of the molecule is C=N/C(=C\C(=C/C)Oc1ccc(N)c(NC)c1C)NC(C)=O. The summed E-state index contributed by atoms with van der Waals surface area (Å²) in [5, 5.41) is 5.61. The molecule has 6 nitrogen and oxygen atoms in total. The Morgan fingerprint density at radius 3 is 2.64 bits per heavy atom. The Labute approximate surface area is 130 Å². The van der Waals surface area contributed by atoms with Crippen LogP contribution in [0.4, 0.5) is 11.4 Å². The van der Waals surface area contributed by atoms with E-state index in [1.165, 1.54) is 6.92 Å².